The number of hydrogen-bond acceptors (Lipinski definition) is 9. The van der Waals surface area contributed by atoms with Gasteiger partial charge >= 0.3 is 0 Å². The summed E-state index contributed by atoms with van der Waals surface area (Å²) in [5, 5.41) is 16.2. The Bertz CT molecular complexity index is 1960. The van der Waals surface area contributed by atoms with E-state index in [0.717, 1.165) is 92.3 Å². The number of carbonyl (C=O) groups excluding carboxylic acids is 2. The number of aromatic nitrogens is 5. The minimum atomic E-state index is -0.431. The second-order valence-electron chi connectivity index (χ2n) is 14.3. The molecular formula is C37H47ClN10O3. The van der Waals surface area contributed by atoms with Crippen LogP contribution in [0.1, 0.15) is 69.3 Å². The van der Waals surface area contributed by atoms with Crippen molar-refractivity contribution < 1.29 is 14.7 Å². The topological polar surface area (TPSA) is 137 Å². The fourth-order valence-electron chi connectivity index (χ4n) is 7.85. The minimum Gasteiger partial charge on any atom is -0.392 e. The largest absolute Gasteiger partial charge is 0.392 e. The molecular weight excluding hydrogens is 668 g/mol. The molecule has 2 amide bonds. The Morgan fingerprint density at radius 2 is 1.53 bits per heavy atom. The van der Waals surface area contributed by atoms with Gasteiger partial charge in [-0.25, -0.2) is 9.97 Å². The van der Waals surface area contributed by atoms with Crippen LogP contribution in [0.25, 0.3) is 11.3 Å². The standard InChI is InChI=1S/C37H47ClN10O3/c1-22(49)19-47-17-12-30-28(20-47)40-34(45(30)4)36(50)42-26-8-6-7-25(23(26)2)33-32(38)27(9-14-39-33)43-37(51)35-41-29-21-48(18-13-31(29)46(35)5)24-10-15-44(3)16-11-24/h6-9,14,22,24,49H,10-13,15-21H2,1-5H3,(H,42,50)(H,39,43,51)/t22-/m0/s1. The molecule has 6 heterocycles. The van der Waals surface area contributed by atoms with Crippen LogP contribution < -0.4 is 10.6 Å². The molecule has 51 heavy (non-hydrogen) atoms. The van der Waals surface area contributed by atoms with Gasteiger partial charge in [0.1, 0.15) is 0 Å². The lowest BCUT2D eigenvalue weighted by Gasteiger charge is -2.38. The van der Waals surface area contributed by atoms with Crippen molar-refractivity contribution in [1.82, 2.24) is 38.8 Å². The molecule has 0 radical (unpaired) electrons. The maximum Gasteiger partial charge on any atom is 0.291 e. The number of hydrogen-bond donors (Lipinski definition) is 3. The monoisotopic (exact) mass is 714 g/mol. The van der Waals surface area contributed by atoms with E-state index < -0.39 is 6.10 Å². The molecule has 1 aromatic carbocycles. The van der Waals surface area contributed by atoms with Gasteiger partial charge in [-0.1, -0.05) is 23.7 Å². The van der Waals surface area contributed by atoms with E-state index in [1.807, 2.05) is 48.4 Å². The molecule has 270 valence electrons. The zero-order chi connectivity index (χ0) is 36.0. The number of nitrogens with one attached hydrogen (secondary N) is 2. The molecule has 3 N–H and O–H groups in total. The molecule has 4 aromatic rings. The summed E-state index contributed by atoms with van der Waals surface area (Å²) in [6.07, 6.45) is 5.10. The molecule has 1 atom stereocenters. The maximum atomic E-state index is 13.7. The van der Waals surface area contributed by atoms with Crippen molar-refractivity contribution in [2.24, 2.45) is 14.1 Å². The van der Waals surface area contributed by atoms with Crippen molar-refractivity contribution >= 4 is 34.8 Å². The van der Waals surface area contributed by atoms with Gasteiger partial charge in [0.2, 0.25) is 0 Å². The number of piperidine rings is 1. The van der Waals surface area contributed by atoms with Crippen LogP contribution in [-0.2, 0) is 40.0 Å². The fourth-order valence-corrected chi connectivity index (χ4v) is 8.11. The summed E-state index contributed by atoms with van der Waals surface area (Å²) in [5.74, 6) is 0.0325. The second-order valence-corrected chi connectivity index (χ2v) is 14.7. The molecule has 13 nitrogen and oxygen atoms in total. The van der Waals surface area contributed by atoms with Crippen LogP contribution in [0.5, 0.6) is 0 Å². The highest BCUT2D eigenvalue weighted by Crippen LogP contribution is 2.36. The molecule has 3 aliphatic rings. The van der Waals surface area contributed by atoms with Gasteiger partial charge in [-0.05, 0) is 64.5 Å². The molecule has 1 saturated heterocycles. The van der Waals surface area contributed by atoms with Crippen molar-refractivity contribution in [2.75, 3.05) is 50.4 Å². The maximum absolute atomic E-state index is 13.7. The molecule has 14 heteroatoms. The second kappa shape index (κ2) is 14.5. The number of benzene rings is 1. The molecule has 0 bridgehead atoms. The summed E-state index contributed by atoms with van der Waals surface area (Å²) in [6, 6.07) is 7.79. The summed E-state index contributed by atoms with van der Waals surface area (Å²) < 4.78 is 3.77. The fraction of sp³-hybridized carbons (Fsp3) is 0.486. The van der Waals surface area contributed by atoms with Crippen molar-refractivity contribution in [3.05, 3.63) is 75.5 Å². The Morgan fingerprint density at radius 3 is 2.20 bits per heavy atom. The van der Waals surface area contributed by atoms with Crippen molar-refractivity contribution in [2.45, 2.75) is 64.8 Å². The van der Waals surface area contributed by atoms with Gasteiger partial charge in [-0.3, -0.25) is 24.4 Å². The summed E-state index contributed by atoms with van der Waals surface area (Å²) in [6.45, 7) is 9.56. The molecule has 3 aromatic heterocycles. The number of likely N-dealkylation sites (tertiary alicyclic amines) is 1. The Morgan fingerprint density at radius 1 is 0.902 bits per heavy atom. The predicted octanol–water partition coefficient (Wildman–Crippen LogP) is 3.87. The quantitative estimate of drug-likeness (QED) is 0.249. The molecule has 0 spiro atoms. The first kappa shape index (κ1) is 35.3. The number of rotatable bonds is 8. The van der Waals surface area contributed by atoms with Crippen LogP contribution in [0.2, 0.25) is 5.02 Å². The lowest BCUT2D eigenvalue weighted by Crippen LogP contribution is -2.45. The average molecular weight is 715 g/mol. The number of β-amino-alcohol motifs (C(OH)–C–C–N with tert-alkyl or cyclic N) is 1. The number of aliphatic hydroxyl groups excluding tert-OH is 1. The van der Waals surface area contributed by atoms with Crippen molar-refractivity contribution in [1.29, 1.82) is 0 Å². The van der Waals surface area contributed by atoms with Crippen molar-refractivity contribution in [3.63, 3.8) is 0 Å². The number of aliphatic hydroxyl groups is 1. The molecule has 0 unspecified atom stereocenters. The number of anilines is 2. The van der Waals surface area contributed by atoms with Crippen LogP contribution in [0.3, 0.4) is 0 Å². The summed E-state index contributed by atoms with van der Waals surface area (Å²) in [7, 11) is 5.94. The normalized spacial score (nSPS) is 17.9. The van der Waals surface area contributed by atoms with Crippen LogP contribution in [0, 0.1) is 6.92 Å². The van der Waals surface area contributed by atoms with Gasteiger partial charge in [0, 0.05) is 94.5 Å². The third kappa shape index (κ3) is 7.05. The zero-order valence-electron chi connectivity index (χ0n) is 30.0. The van der Waals surface area contributed by atoms with Crippen LogP contribution >= 0.6 is 11.6 Å². The van der Waals surface area contributed by atoms with E-state index in [2.05, 4.69) is 37.4 Å². The summed E-state index contributed by atoms with van der Waals surface area (Å²) >= 11 is 6.94. The van der Waals surface area contributed by atoms with Gasteiger partial charge in [-0.2, -0.15) is 0 Å². The first-order chi connectivity index (χ1) is 24.5. The Kier molecular flexibility index (Phi) is 10.0. The number of carbonyl (C=O) groups is 2. The average Bonchev–Trinajstić information content (AvgIpc) is 3.62. The SMILES string of the molecule is Cc1c(NC(=O)c2nc3c(n2C)CCN(C[C@H](C)O)C3)cccc1-c1nccc(NC(=O)c2nc3c(n2C)CCN(C2CCN(C)CC2)C3)c1Cl. The number of amides is 2. The summed E-state index contributed by atoms with van der Waals surface area (Å²) in [5.41, 5.74) is 6.98. The number of nitrogens with zero attached hydrogens (tertiary/aromatic N) is 8. The first-order valence-corrected chi connectivity index (χ1v) is 18.1. The zero-order valence-corrected chi connectivity index (χ0v) is 30.8. The van der Waals surface area contributed by atoms with E-state index in [1.54, 1.807) is 19.2 Å². The number of fused-ring (bicyclic) bond motifs is 2. The van der Waals surface area contributed by atoms with Crippen LogP contribution in [-0.4, -0.2) is 108 Å². The Balaban J connectivity index is 1.06. The van der Waals surface area contributed by atoms with E-state index in [0.29, 0.717) is 52.9 Å². The first-order valence-electron chi connectivity index (χ1n) is 17.8. The lowest BCUT2D eigenvalue weighted by atomic mass is 10.0. The van der Waals surface area contributed by atoms with Crippen LogP contribution in [0.4, 0.5) is 11.4 Å². The third-order valence-corrected chi connectivity index (χ3v) is 11.1. The van der Waals surface area contributed by atoms with Crippen LogP contribution in [0.15, 0.2) is 30.5 Å². The van der Waals surface area contributed by atoms with E-state index in [1.165, 1.54) is 0 Å². The van der Waals surface area contributed by atoms with Gasteiger partial charge in [-0.15, -0.1) is 0 Å². The molecule has 3 aliphatic heterocycles. The van der Waals surface area contributed by atoms with E-state index in [4.69, 9.17) is 21.6 Å². The molecule has 0 aliphatic carbocycles. The molecule has 0 saturated carbocycles. The van der Waals surface area contributed by atoms with Crippen molar-refractivity contribution in [3.8, 4) is 11.3 Å². The lowest BCUT2D eigenvalue weighted by molar-refractivity contribution is 0.100. The van der Waals surface area contributed by atoms with Gasteiger partial charge in [0.05, 0.1) is 33.9 Å². The minimum absolute atomic E-state index is 0.295. The third-order valence-electron chi connectivity index (χ3n) is 10.7. The van der Waals surface area contributed by atoms with E-state index in [-0.39, 0.29) is 11.8 Å². The molecule has 1 fully saturated rings. The highest BCUT2D eigenvalue weighted by Gasteiger charge is 2.31. The van der Waals surface area contributed by atoms with E-state index >= 15 is 0 Å². The Labute approximate surface area is 303 Å². The number of pyridine rings is 1. The summed E-state index contributed by atoms with van der Waals surface area (Å²) in [4.78, 5) is 48.3. The van der Waals surface area contributed by atoms with Gasteiger partial charge in [0.25, 0.3) is 11.8 Å². The highest BCUT2D eigenvalue weighted by atomic mass is 35.5. The molecule has 7 rings (SSSR count). The number of halogens is 1. The highest BCUT2D eigenvalue weighted by molar-refractivity contribution is 6.36. The number of imidazole rings is 2. The van der Waals surface area contributed by atoms with E-state index in [9.17, 15) is 14.7 Å². The van der Waals surface area contributed by atoms with Gasteiger partial charge in [0.15, 0.2) is 11.6 Å². The predicted molar refractivity (Wildman–Crippen MR) is 197 cm³/mol. The smallest absolute Gasteiger partial charge is 0.291 e. The Hall–Kier alpha value is -4.14. The van der Waals surface area contributed by atoms with Gasteiger partial charge < -0.3 is 29.8 Å².